The molecular weight excluding hydrogens is 234 g/mol. The van der Waals surface area contributed by atoms with Crippen LogP contribution in [-0.2, 0) is 0 Å². The van der Waals surface area contributed by atoms with E-state index in [1.54, 1.807) is 0 Å². The predicted octanol–water partition coefficient (Wildman–Crippen LogP) is 2.27. The summed E-state index contributed by atoms with van der Waals surface area (Å²) >= 11 is 0. The first kappa shape index (κ1) is 16.9. The van der Waals surface area contributed by atoms with Gasteiger partial charge in [-0.05, 0) is 64.2 Å². The number of hydrogen-bond acceptors (Lipinski definition) is 3. The van der Waals surface area contributed by atoms with Crippen LogP contribution in [0.1, 0.15) is 40.0 Å². The Hall–Kier alpha value is -0.120. The van der Waals surface area contributed by atoms with E-state index in [2.05, 4.69) is 44.7 Å². The van der Waals surface area contributed by atoms with Crippen LogP contribution in [0.3, 0.4) is 0 Å². The summed E-state index contributed by atoms with van der Waals surface area (Å²) in [6.45, 7) is 11.7. The van der Waals surface area contributed by atoms with Crippen molar-refractivity contribution in [2.45, 2.75) is 46.1 Å². The Kier molecular flexibility index (Phi) is 7.33. The van der Waals surface area contributed by atoms with Crippen LogP contribution < -0.4 is 5.73 Å². The molecular formula is C16H35N3. The first-order chi connectivity index (χ1) is 8.95. The molecule has 0 amide bonds. The van der Waals surface area contributed by atoms with E-state index in [4.69, 9.17) is 5.73 Å². The van der Waals surface area contributed by atoms with E-state index >= 15 is 0 Å². The van der Waals surface area contributed by atoms with Crippen molar-refractivity contribution in [3.05, 3.63) is 0 Å². The summed E-state index contributed by atoms with van der Waals surface area (Å²) in [4.78, 5) is 5.03. The van der Waals surface area contributed by atoms with Crippen molar-refractivity contribution in [3.63, 3.8) is 0 Å². The minimum Gasteiger partial charge on any atom is -0.330 e. The highest BCUT2D eigenvalue weighted by Crippen LogP contribution is 2.23. The fourth-order valence-corrected chi connectivity index (χ4v) is 3.50. The Balaban J connectivity index is 2.26. The lowest BCUT2D eigenvalue weighted by atomic mass is 9.88. The van der Waals surface area contributed by atoms with Gasteiger partial charge in [0.15, 0.2) is 0 Å². The van der Waals surface area contributed by atoms with Gasteiger partial charge in [-0.1, -0.05) is 20.8 Å². The van der Waals surface area contributed by atoms with Gasteiger partial charge in [0.25, 0.3) is 0 Å². The second-order valence-electron chi connectivity index (χ2n) is 6.99. The monoisotopic (exact) mass is 269 g/mol. The maximum Gasteiger partial charge on any atom is 0.0254 e. The summed E-state index contributed by atoms with van der Waals surface area (Å²) < 4.78 is 0. The fraction of sp³-hybridized carbons (Fsp3) is 1.00. The summed E-state index contributed by atoms with van der Waals surface area (Å²) in [6.07, 6.45) is 3.86. The van der Waals surface area contributed by atoms with E-state index in [0.717, 1.165) is 30.3 Å². The fourth-order valence-electron chi connectivity index (χ4n) is 3.50. The van der Waals surface area contributed by atoms with Crippen LogP contribution in [0.4, 0.5) is 0 Å². The Morgan fingerprint density at radius 2 is 1.89 bits per heavy atom. The topological polar surface area (TPSA) is 32.5 Å². The normalized spacial score (nSPS) is 26.5. The van der Waals surface area contributed by atoms with Gasteiger partial charge in [0.2, 0.25) is 0 Å². The summed E-state index contributed by atoms with van der Waals surface area (Å²) in [5.74, 6) is 2.39. The lowest BCUT2D eigenvalue weighted by Gasteiger charge is -2.23. The van der Waals surface area contributed by atoms with E-state index in [1.165, 1.54) is 38.9 Å². The second kappa shape index (κ2) is 8.23. The zero-order valence-electron chi connectivity index (χ0n) is 13.7. The van der Waals surface area contributed by atoms with Crippen LogP contribution in [-0.4, -0.2) is 56.1 Å². The number of nitrogens with two attached hydrogens (primary N) is 1. The molecule has 3 unspecified atom stereocenters. The molecule has 1 rings (SSSR count). The van der Waals surface area contributed by atoms with Crippen LogP contribution in [0.2, 0.25) is 0 Å². The van der Waals surface area contributed by atoms with Crippen molar-refractivity contribution in [3.8, 4) is 0 Å². The maximum atomic E-state index is 5.71. The molecule has 0 radical (unpaired) electrons. The molecule has 1 fully saturated rings. The highest BCUT2D eigenvalue weighted by molar-refractivity contribution is 4.86. The Labute approximate surface area is 120 Å². The molecule has 0 aromatic carbocycles. The highest BCUT2D eigenvalue weighted by Gasteiger charge is 2.30. The van der Waals surface area contributed by atoms with E-state index in [1.807, 2.05) is 0 Å². The molecule has 19 heavy (non-hydrogen) atoms. The molecule has 0 aromatic rings. The van der Waals surface area contributed by atoms with Gasteiger partial charge in [-0.2, -0.15) is 0 Å². The Morgan fingerprint density at radius 1 is 1.21 bits per heavy atom. The van der Waals surface area contributed by atoms with Crippen LogP contribution >= 0.6 is 0 Å². The van der Waals surface area contributed by atoms with Gasteiger partial charge in [0, 0.05) is 19.1 Å². The molecule has 3 nitrogen and oxygen atoms in total. The number of likely N-dealkylation sites (tertiary alicyclic amines) is 1. The van der Waals surface area contributed by atoms with Gasteiger partial charge in [0.1, 0.15) is 0 Å². The number of rotatable bonds is 8. The largest absolute Gasteiger partial charge is 0.330 e. The molecule has 114 valence electrons. The first-order valence-electron chi connectivity index (χ1n) is 8.04. The third-order valence-electron chi connectivity index (χ3n) is 4.84. The second-order valence-corrected chi connectivity index (χ2v) is 6.99. The van der Waals surface area contributed by atoms with E-state index in [9.17, 15) is 0 Å². The zero-order valence-corrected chi connectivity index (χ0v) is 13.7. The van der Waals surface area contributed by atoms with Crippen LogP contribution in [0.5, 0.6) is 0 Å². The average molecular weight is 269 g/mol. The maximum absolute atomic E-state index is 5.71. The summed E-state index contributed by atoms with van der Waals surface area (Å²) in [5, 5.41) is 0. The van der Waals surface area contributed by atoms with Gasteiger partial charge in [-0.25, -0.2) is 0 Å². The standard InChI is InChI=1S/C16H35N3/c1-13(2)15(8-9-17)7-6-10-19-11-14(3)16(12-19)18(4)5/h13-16H,6-12,17H2,1-5H3. The first-order valence-corrected chi connectivity index (χ1v) is 8.04. The third kappa shape index (κ3) is 5.41. The molecule has 1 heterocycles. The van der Waals surface area contributed by atoms with Gasteiger partial charge in [-0.3, -0.25) is 0 Å². The van der Waals surface area contributed by atoms with Crippen LogP contribution in [0, 0.1) is 17.8 Å². The molecule has 0 bridgehead atoms. The SMILES string of the molecule is CC(C)C(CCN)CCCN1CC(C)C(N(C)C)C1. The van der Waals surface area contributed by atoms with Crippen molar-refractivity contribution >= 4 is 0 Å². The number of hydrogen-bond donors (Lipinski definition) is 1. The van der Waals surface area contributed by atoms with Gasteiger partial charge in [-0.15, -0.1) is 0 Å². The number of likely N-dealkylation sites (N-methyl/N-ethyl adjacent to an activating group) is 1. The van der Waals surface area contributed by atoms with Crippen molar-refractivity contribution in [1.82, 2.24) is 9.80 Å². The lowest BCUT2D eigenvalue weighted by Crippen LogP contribution is -2.34. The Bertz CT molecular complexity index is 240. The molecule has 1 saturated heterocycles. The molecule has 0 aromatic heterocycles. The molecule has 0 saturated carbocycles. The van der Waals surface area contributed by atoms with Crippen molar-refractivity contribution < 1.29 is 0 Å². The number of nitrogens with zero attached hydrogens (tertiary/aromatic N) is 2. The molecule has 1 aliphatic heterocycles. The minimum absolute atomic E-state index is 0.741. The van der Waals surface area contributed by atoms with Crippen molar-refractivity contribution in [1.29, 1.82) is 0 Å². The highest BCUT2D eigenvalue weighted by atomic mass is 15.2. The van der Waals surface area contributed by atoms with E-state index in [-0.39, 0.29) is 0 Å². The van der Waals surface area contributed by atoms with Gasteiger partial charge < -0.3 is 15.5 Å². The average Bonchev–Trinajstić information content (AvgIpc) is 2.69. The van der Waals surface area contributed by atoms with E-state index in [0.29, 0.717) is 0 Å². The molecule has 3 heteroatoms. The summed E-state index contributed by atoms with van der Waals surface area (Å²) in [7, 11) is 4.42. The molecule has 2 N–H and O–H groups in total. The minimum atomic E-state index is 0.741. The molecule has 0 aliphatic carbocycles. The smallest absolute Gasteiger partial charge is 0.0254 e. The van der Waals surface area contributed by atoms with Gasteiger partial charge in [0.05, 0.1) is 0 Å². The zero-order chi connectivity index (χ0) is 14.4. The summed E-state index contributed by atoms with van der Waals surface area (Å²) in [5.41, 5.74) is 5.71. The Morgan fingerprint density at radius 3 is 2.37 bits per heavy atom. The van der Waals surface area contributed by atoms with E-state index < -0.39 is 0 Å². The van der Waals surface area contributed by atoms with Crippen molar-refractivity contribution in [2.75, 3.05) is 40.3 Å². The summed E-state index contributed by atoms with van der Waals surface area (Å²) in [6, 6.07) is 0.741. The molecule has 3 atom stereocenters. The van der Waals surface area contributed by atoms with Crippen molar-refractivity contribution in [2.24, 2.45) is 23.5 Å². The molecule has 1 aliphatic rings. The van der Waals surface area contributed by atoms with Crippen LogP contribution in [0.15, 0.2) is 0 Å². The lowest BCUT2D eigenvalue weighted by molar-refractivity contribution is 0.245. The predicted molar refractivity (Wildman–Crippen MR) is 84.3 cm³/mol. The van der Waals surface area contributed by atoms with Gasteiger partial charge >= 0.3 is 0 Å². The quantitative estimate of drug-likeness (QED) is 0.734. The molecule has 0 spiro atoms. The third-order valence-corrected chi connectivity index (χ3v) is 4.84. The van der Waals surface area contributed by atoms with Crippen LogP contribution in [0.25, 0.3) is 0 Å².